The first-order valence-electron chi connectivity index (χ1n) is 6.23. The summed E-state index contributed by atoms with van der Waals surface area (Å²) in [5.41, 5.74) is 0.712. The first kappa shape index (κ1) is 14.6. The topological polar surface area (TPSA) is 61.8 Å². The summed E-state index contributed by atoms with van der Waals surface area (Å²) >= 11 is 12.3. The average molecular weight is 336 g/mol. The van der Waals surface area contributed by atoms with Crippen LogP contribution in [0.3, 0.4) is 0 Å². The van der Waals surface area contributed by atoms with Gasteiger partial charge in [0.1, 0.15) is 22.8 Å². The third-order valence-electron chi connectivity index (χ3n) is 3.33. The molecule has 7 heteroatoms. The van der Waals surface area contributed by atoms with Gasteiger partial charge in [-0.2, -0.15) is 5.26 Å². The maximum absolute atomic E-state index is 13.9. The van der Waals surface area contributed by atoms with E-state index in [4.69, 9.17) is 23.2 Å². The minimum Gasteiger partial charge on any atom is -0.506 e. The minimum absolute atomic E-state index is 0.0536. The molecule has 0 unspecified atom stereocenters. The summed E-state index contributed by atoms with van der Waals surface area (Å²) in [7, 11) is 0. The van der Waals surface area contributed by atoms with Gasteiger partial charge in [0, 0.05) is 5.56 Å². The van der Waals surface area contributed by atoms with Crippen LogP contribution in [0.25, 0.3) is 10.9 Å². The molecule has 22 heavy (non-hydrogen) atoms. The predicted molar refractivity (Wildman–Crippen MR) is 81.6 cm³/mol. The van der Waals surface area contributed by atoms with Crippen LogP contribution in [-0.4, -0.2) is 14.7 Å². The van der Waals surface area contributed by atoms with Gasteiger partial charge in [-0.15, -0.1) is 0 Å². The third-order valence-corrected chi connectivity index (χ3v) is 4.19. The van der Waals surface area contributed by atoms with Crippen LogP contribution in [-0.2, 0) is 6.54 Å². The molecule has 2 heterocycles. The van der Waals surface area contributed by atoms with E-state index in [1.807, 2.05) is 6.07 Å². The predicted octanol–water partition coefficient (Wildman–Crippen LogP) is 4.11. The molecule has 110 valence electrons. The average Bonchev–Trinajstić information content (AvgIpc) is 2.76. The van der Waals surface area contributed by atoms with Gasteiger partial charge in [0.25, 0.3) is 0 Å². The van der Waals surface area contributed by atoms with Gasteiger partial charge in [0.05, 0.1) is 28.7 Å². The number of nitriles is 1. The Morgan fingerprint density at radius 2 is 2.05 bits per heavy atom. The van der Waals surface area contributed by atoms with Crippen molar-refractivity contribution in [1.29, 1.82) is 5.26 Å². The molecule has 0 fully saturated rings. The fourth-order valence-corrected chi connectivity index (χ4v) is 2.84. The number of aromatic nitrogens is 2. The second kappa shape index (κ2) is 5.48. The molecule has 0 bridgehead atoms. The zero-order valence-electron chi connectivity index (χ0n) is 11.0. The third kappa shape index (κ3) is 2.17. The highest BCUT2D eigenvalue weighted by molar-refractivity contribution is 6.45. The van der Waals surface area contributed by atoms with E-state index in [0.29, 0.717) is 5.56 Å². The Balaban J connectivity index is 2.31. The number of hydrogen-bond donors (Lipinski definition) is 1. The molecule has 1 aromatic carbocycles. The maximum atomic E-state index is 13.9. The van der Waals surface area contributed by atoms with Gasteiger partial charge < -0.3 is 9.67 Å². The standard InChI is InChI=1S/C15H8Cl2FN3O/c16-13-12-11(22)6-20-10(5-19)14(12)21(15(13)17)7-8-3-1-2-4-9(8)18/h1-4,6,22H,7H2. The van der Waals surface area contributed by atoms with Crippen LogP contribution in [0.15, 0.2) is 30.5 Å². The Morgan fingerprint density at radius 3 is 2.73 bits per heavy atom. The Kier molecular flexibility index (Phi) is 3.65. The largest absolute Gasteiger partial charge is 0.506 e. The van der Waals surface area contributed by atoms with Gasteiger partial charge >= 0.3 is 0 Å². The van der Waals surface area contributed by atoms with Crippen molar-refractivity contribution in [2.24, 2.45) is 0 Å². The number of pyridine rings is 1. The molecule has 0 amide bonds. The summed E-state index contributed by atoms with van der Waals surface area (Å²) in [4.78, 5) is 3.86. The number of fused-ring (bicyclic) bond motifs is 1. The Morgan fingerprint density at radius 1 is 1.32 bits per heavy atom. The van der Waals surface area contributed by atoms with Crippen molar-refractivity contribution in [1.82, 2.24) is 9.55 Å². The zero-order valence-corrected chi connectivity index (χ0v) is 12.5. The second-order valence-electron chi connectivity index (χ2n) is 4.61. The Bertz CT molecular complexity index is 931. The molecule has 3 aromatic rings. The molecule has 0 saturated carbocycles. The van der Waals surface area contributed by atoms with E-state index in [2.05, 4.69) is 4.98 Å². The number of nitrogens with zero attached hydrogens (tertiary/aromatic N) is 3. The normalized spacial score (nSPS) is 10.8. The Labute approximate surface area is 134 Å². The lowest BCUT2D eigenvalue weighted by atomic mass is 10.2. The molecule has 0 spiro atoms. The summed E-state index contributed by atoms with van der Waals surface area (Å²) in [6.45, 7) is 0.0640. The molecule has 0 aliphatic carbocycles. The van der Waals surface area contributed by atoms with E-state index in [1.165, 1.54) is 10.6 Å². The highest BCUT2D eigenvalue weighted by atomic mass is 35.5. The lowest BCUT2D eigenvalue weighted by Crippen LogP contribution is -2.03. The maximum Gasteiger partial charge on any atom is 0.165 e. The summed E-state index contributed by atoms with van der Waals surface area (Å²) in [5.74, 6) is -0.587. The van der Waals surface area contributed by atoms with Gasteiger partial charge in [-0.1, -0.05) is 41.4 Å². The quantitative estimate of drug-likeness (QED) is 0.766. The van der Waals surface area contributed by atoms with Crippen LogP contribution in [0.1, 0.15) is 11.3 Å². The molecular weight excluding hydrogens is 328 g/mol. The summed E-state index contributed by atoms with van der Waals surface area (Å²) < 4.78 is 15.3. The smallest absolute Gasteiger partial charge is 0.165 e. The van der Waals surface area contributed by atoms with E-state index < -0.39 is 5.82 Å². The number of hydrogen-bond acceptors (Lipinski definition) is 3. The van der Waals surface area contributed by atoms with Gasteiger partial charge in [0.15, 0.2) is 5.69 Å². The molecule has 0 aliphatic heterocycles. The van der Waals surface area contributed by atoms with Crippen molar-refractivity contribution < 1.29 is 9.50 Å². The first-order chi connectivity index (χ1) is 10.5. The summed E-state index contributed by atoms with van der Waals surface area (Å²) in [6, 6.07) is 8.13. The second-order valence-corrected chi connectivity index (χ2v) is 5.35. The summed E-state index contributed by atoms with van der Waals surface area (Å²) in [5, 5.41) is 19.6. The van der Waals surface area contributed by atoms with Crippen LogP contribution in [0.4, 0.5) is 4.39 Å². The molecule has 0 saturated heterocycles. The van der Waals surface area contributed by atoms with Crippen molar-refractivity contribution in [3.63, 3.8) is 0 Å². The van der Waals surface area contributed by atoms with E-state index in [1.54, 1.807) is 18.2 Å². The van der Waals surface area contributed by atoms with Crippen molar-refractivity contribution >= 4 is 34.1 Å². The van der Waals surface area contributed by atoms with E-state index in [-0.39, 0.29) is 39.1 Å². The molecular formula is C15H8Cl2FN3O. The zero-order chi connectivity index (χ0) is 15.9. The lowest BCUT2D eigenvalue weighted by Gasteiger charge is -2.09. The molecule has 0 aliphatic rings. The minimum atomic E-state index is -0.400. The van der Waals surface area contributed by atoms with Gasteiger partial charge in [0.2, 0.25) is 0 Å². The van der Waals surface area contributed by atoms with Crippen LogP contribution >= 0.6 is 23.2 Å². The molecule has 0 radical (unpaired) electrons. The Hall–Kier alpha value is -2.29. The number of aromatic hydroxyl groups is 1. The van der Waals surface area contributed by atoms with Gasteiger partial charge in [-0.25, -0.2) is 9.37 Å². The molecule has 4 nitrogen and oxygen atoms in total. The van der Waals surface area contributed by atoms with E-state index >= 15 is 0 Å². The van der Waals surface area contributed by atoms with Gasteiger partial charge in [-0.05, 0) is 6.07 Å². The number of rotatable bonds is 2. The summed E-state index contributed by atoms with van der Waals surface area (Å²) in [6.07, 6.45) is 1.14. The monoisotopic (exact) mass is 335 g/mol. The van der Waals surface area contributed by atoms with Crippen molar-refractivity contribution in [2.45, 2.75) is 6.54 Å². The van der Waals surface area contributed by atoms with Gasteiger partial charge in [-0.3, -0.25) is 0 Å². The number of benzene rings is 1. The fraction of sp³-hybridized carbons (Fsp3) is 0.0667. The highest BCUT2D eigenvalue weighted by Crippen LogP contribution is 2.40. The SMILES string of the molecule is N#Cc1ncc(O)c2c(Cl)c(Cl)n(Cc3ccccc3F)c12. The lowest BCUT2D eigenvalue weighted by molar-refractivity contribution is 0.479. The van der Waals surface area contributed by atoms with Crippen molar-refractivity contribution in [2.75, 3.05) is 0 Å². The molecule has 0 atom stereocenters. The van der Waals surface area contributed by atoms with Crippen LogP contribution < -0.4 is 0 Å². The molecule has 2 aromatic heterocycles. The van der Waals surface area contributed by atoms with Crippen LogP contribution in [0.2, 0.25) is 10.2 Å². The first-order valence-corrected chi connectivity index (χ1v) is 6.98. The highest BCUT2D eigenvalue weighted by Gasteiger charge is 2.21. The van der Waals surface area contributed by atoms with E-state index in [0.717, 1.165) is 6.20 Å². The van der Waals surface area contributed by atoms with E-state index in [9.17, 15) is 14.8 Å². The van der Waals surface area contributed by atoms with Crippen molar-refractivity contribution in [3.8, 4) is 11.8 Å². The van der Waals surface area contributed by atoms with Crippen molar-refractivity contribution in [3.05, 3.63) is 57.7 Å². The fourth-order valence-electron chi connectivity index (χ4n) is 2.32. The molecule has 1 N–H and O–H groups in total. The van der Waals surface area contributed by atoms with Crippen LogP contribution in [0, 0.1) is 17.1 Å². The molecule has 3 rings (SSSR count). The number of halogens is 3. The van der Waals surface area contributed by atoms with Crippen LogP contribution in [0.5, 0.6) is 5.75 Å².